The second-order valence-electron chi connectivity index (χ2n) is 5.27. The highest BCUT2D eigenvalue weighted by atomic mass is 19.1. The summed E-state index contributed by atoms with van der Waals surface area (Å²) in [7, 11) is 0. The number of nitrogens with two attached hydrogens (primary N) is 1. The summed E-state index contributed by atoms with van der Waals surface area (Å²) in [5, 5.41) is 0. The van der Waals surface area contributed by atoms with Gasteiger partial charge in [0.05, 0.1) is 6.61 Å². The molecule has 0 spiro atoms. The van der Waals surface area contributed by atoms with Gasteiger partial charge in [0.1, 0.15) is 5.82 Å². The third-order valence-corrected chi connectivity index (χ3v) is 3.50. The molecule has 6 heteroatoms. The molecule has 1 heterocycles. The highest BCUT2D eigenvalue weighted by Crippen LogP contribution is 2.18. The van der Waals surface area contributed by atoms with Crippen LogP contribution in [-0.2, 0) is 4.79 Å². The highest BCUT2D eigenvalue weighted by molar-refractivity contribution is 5.76. The van der Waals surface area contributed by atoms with Gasteiger partial charge in [-0.3, -0.25) is 4.79 Å². The molecule has 1 fully saturated rings. The average Bonchev–Trinajstić information content (AvgIpc) is 2.45. The first-order chi connectivity index (χ1) is 10.1. The van der Waals surface area contributed by atoms with Crippen LogP contribution in [0, 0.1) is 11.6 Å². The average molecular weight is 298 g/mol. The van der Waals surface area contributed by atoms with Crippen LogP contribution in [0.25, 0.3) is 0 Å². The van der Waals surface area contributed by atoms with Gasteiger partial charge in [0, 0.05) is 31.6 Å². The van der Waals surface area contributed by atoms with E-state index in [9.17, 15) is 13.6 Å². The van der Waals surface area contributed by atoms with Gasteiger partial charge >= 0.3 is 0 Å². The summed E-state index contributed by atoms with van der Waals surface area (Å²) >= 11 is 0. The van der Waals surface area contributed by atoms with Crippen LogP contribution in [0.5, 0.6) is 5.75 Å². The second kappa shape index (κ2) is 7.36. The first-order valence-electron chi connectivity index (χ1n) is 7.17. The Morgan fingerprint density at radius 3 is 2.95 bits per heavy atom. The molecule has 4 nitrogen and oxygen atoms in total. The number of amides is 1. The second-order valence-corrected chi connectivity index (χ2v) is 5.27. The quantitative estimate of drug-likeness (QED) is 0.847. The first-order valence-corrected chi connectivity index (χ1v) is 7.17. The highest BCUT2D eigenvalue weighted by Gasteiger charge is 2.20. The number of piperidine rings is 1. The fourth-order valence-corrected chi connectivity index (χ4v) is 2.39. The molecular formula is C15H20F2N2O2. The van der Waals surface area contributed by atoms with Crippen LogP contribution in [-0.4, -0.2) is 36.5 Å². The van der Waals surface area contributed by atoms with Gasteiger partial charge in [-0.1, -0.05) is 0 Å². The maximum absolute atomic E-state index is 13.3. The number of rotatable bonds is 5. The van der Waals surface area contributed by atoms with Crippen molar-refractivity contribution in [3.63, 3.8) is 0 Å². The molecule has 21 heavy (non-hydrogen) atoms. The predicted octanol–water partition coefficient (Wildman–Crippen LogP) is 2.07. The third-order valence-electron chi connectivity index (χ3n) is 3.50. The van der Waals surface area contributed by atoms with Crippen molar-refractivity contribution in [1.82, 2.24) is 4.90 Å². The van der Waals surface area contributed by atoms with E-state index in [4.69, 9.17) is 10.5 Å². The molecule has 1 unspecified atom stereocenters. The Hall–Kier alpha value is -1.69. The zero-order chi connectivity index (χ0) is 15.2. The molecule has 1 saturated heterocycles. The summed E-state index contributed by atoms with van der Waals surface area (Å²) in [5.41, 5.74) is 5.83. The number of benzene rings is 1. The molecule has 1 amide bonds. The molecule has 0 aromatic heterocycles. The molecule has 2 N–H and O–H groups in total. The molecule has 1 aliphatic rings. The topological polar surface area (TPSA) is 55.6 Å². The molecule has 116 valence electrons. The molecular weight excluding hydrogens is 278 g/mol. The summed E-state index contributed by atoms with van der Waals surface area (Å²) in [6, 6.07) is 3.22. The Morgan fingerprint density at radius 2 is 2.24 bits per heavy atom. The van der Waals surface area contributed by atoms with Crippen molar-refractivity contribution in [2.24, 2.45) is 5.73 Å². The Balaban J connectivity index is 1.70. The lowest BCUT2D eigenvalue weighted by Crippen LogP contribution is -2.45. The maximum Gasteiger partial charge on any atom is 0.222 e. The van der Waals surface area contributed by atoms with Gasteiger partial charge < -0.3 is 15.4 Å². The van der Waals surface area contributed by atoms with Gasteiger partial charge in [-0.05, 0) is 31.4 Å². The van der Waals surface area contributed by atoms with Crippen LogP contribution in [0.4, 0.5) is 8.78 Å². The van der Waals surface area contributed by atoms with Crippen molar-refractivity contribution in [2.45, 2.75) is 31.7 Å². The molecule has 0 bridgehead atoms. The van der Waals surface area contributed by atoms with Crippen LogP contribution >= 0.6 is 0 Å². The number of ether oxygens (including phenoxy) is 1. The summed E-state index contributed by atoms with van der Waals surface area (Å²) in [5.74, 6) is -1.32. The van der Waals surface area contributed by atoms with Crippen molar-refractivity contribution >= 4 is 5.91 Å². The monoisotopic (exact) mass is 298 g/mol. The van der Waals surface area contributed by atoms with Gasteiger partial charge in [0.25, 0.3) is 0 Å². The van der Waals surface area contributed by atoms with E-state index in [1.807, 2.05) is 0 Å². The Morgan fingerprint density at radius 1 is 1.43 bits per heavy atom. The van der Waals surface area contributed by atoms with Crippen LogP contribution in [0.2, 0.25) is 0 Å². The van der Waals surface area contributed by atoms with E-state index in [1.165, 1.54) is 6.07 Å². The van der Waals surface area contributed by atoms with Crippen LogP contribution in [0.15, 0.2) is 18.2 Å². The summed E-state index contributed by atoms with van der Waals surface area (Å²) in [4.78, 5) is 13.7. The van der Waals surface area contributed by atoms with Gasteiger partial charge in [-0.15, -0.1) is 0 Å². The molecule has 1 aliphatic heterocycles. The van der Waals surface area contributed by atoms with Gasteiger partial charge in [-0.2, -0.15) is 0 Å². The lowest BCUT2D eigenvalue weighted by Gasteiger charge is -2.30. The van der Waals surface area contributed by atoms with Crippen molar-refractivity contribution in [2.75, 3.05) is 19.7 Å². The Bertz CT molecular complexity index is 497. The van der Waals surface area contributed by atoms with Crippen molar-refractivity contribution in [3.8, 4) is 5.75 Å². The smallest absolute Gasteiger partial charge is 0.222 e. The molecule has 1 aromatic carbocycles. The van der Waals surface area contributed by atoms with Crippen LogP contribution < -0.4 is 10.5 Å². The van der Waals surface area contributed by atoms with Gasteiger partial charge in [0.2, 0.25) is 5.91 Å². The zero-order valence-electron chi connectivity index (χ0n) is 11.9. The summed E-state index contributed by atoms with van der Waals surface area (Å²) in [6.45, 7) is 1.57. The first kappa shape index (κ1) is 15.7. The number of carbonyl (C=O) groups is 1. The molecule has 0 saturated carbocycles. The Kier molecular flexibility index (Phi) is 5.50. The van der Waals surface area contributed by atoms with E-state index in [-0.39, 0.29) is 24.3 Å². The minimum Gasteiger partial charge on any atom is -0.491 e. The predicted molar refractivity (Wildman–Crippen MR) is 74.9 cm³/mol. The van der Waals surface area contributed by atoms with Crippen molar-refractivity contribution < 1.29 is 18.3 Å². The van der Waals surface area contributed by atoms with E-state index >= 15 is 0 Å². The fraction of sp³-hybridized carbons (Fsp3) is 0.533. The maximum atomic E-state index is 13.3. The number of halogens is 2. The lowest BCUT2D eigenvalue weighted by molar-refractivity contribution is -0.132. The summed E-state index contributed by atoms with van der Waals surface area (Å²) in [6.07, 6.45) is 2.72. The number of likely N-dealkylation sites (tertiary alicyclic amines) is 1. The van der Waals surface area contributed by atoms with Crippen molar-refractivity contribution in [3.05, 3.63) is 29.8 Å². The fourth-order valence-electron chi connectivity index (χ4n) is 2.39. The number of carbonyl (C=O) groups excluding carboxylic acids is 1. The lowest BCUT2D eigenvalue weighted by atomic mass is 10.1. The summed E-state index contributed by atoms with van der Waals surface area (Å²) < 4.78 is 31.3. The van der Waals surface area contributed by atoms with E-state index < -0.39 is 11.6 Å². The zero-order valence-corrected chi connectivity index (χ0v) is 11.9. The minimum absolute atomic E-state index is 0.00356. The van der Waals surface area contributed by atoms with Crippen molar-refractivity contribution in [1.29, 1.82) is 0 Å². The van der Waals surface area contributed by atoms with E-state index in [0.717, 1.165) is 31.5 Å². The Labute approximate surface area is 122 Å². The molecule has 1 atom stereocenters. The number of hydrogen-bond acceptors (Lipinski definition) is 3. The number of hydrogen-bond donors (Lipinski definition) is 1. The largest absolute Gasteiger partial charge is 0.491 e. The molecule has 2 rings (SSSR count). The normalized spacial score (nSPS) is 18.6. The SMILES string of the molecule is NC1CCCN(C(=O)CCCOc2ccc(F)cc2F)C1. The van der Waals surface area contributed by atoms with Crippen LogP contribution in [0.1, 0.15) is 25.7 Å². The minimum atomic E-state index is -0.733. The number of nitrogens with zero attached hydrogens (tertiary/aromatic N) is 1. The molecule has 0 aliphatic carbocycles. The van der Waals surface area contributed by atoms with Gasteiger partial charge in [-0.25, -0.2) is 8.78 Å². The van der Waals surface area contributed by atoms with E-state index in [2.05, 4.69) is 0 Å². The standard InChI is InChI=1S/C15H20F2N2O2/c16-11-5-6-14(13(17)9-11)21-8-2-4-15(20)19-7-1-3-12(18)10-19/h5-6,9,12H,1-4,7-8,10,18H2. The van der Waals surface area contributed by atoms with Gasteiger partial charge in [0.15, 0.2) is 11.6 Å². The van der Waals surface area contributed by atoms with Crippen LogP contribution in [0.3, 0.4) is 0 Å². The third kappa shape index (κ3) is 4.67. The van der Waals surface area contributed by atoms with E-state index in [1.54, 1.807) is 4.90 Å². The molecule has 0 radical (unpaired) electrons. The molecule has 1 aromatic rings. The van der Waals surface area contributed by atoms with E-state index in [0.29, 0.717) is 19.4 Å².